The van der Waals surface area contributed by atoms with Crippen LogP contribution >= 0.6 is 0 Å². The van der Waals surface area contributed by atoms with Crippen molar-refractivity contribution in [3.63, 3.8) is 0 Å². The van der Waals surface area contributed by atoms with Crippen LogP contribution in [-0.2, 0) is 4.79 Å². The van der Waals surface area contributed by atoms with Gasteiger partial charge in [-0.2, -0.15) is 0 Å². The summed E-state index contributed by atoms with van der Waals surface area (Å²) >= 11 is 0. The molecule has 1 saturated heterocycles. The van der Waals surface area contributed by atoms with Gasteiger partial charge in [0.15, 0.2) is 0 Å². The molecule has 1 aliphatic heterocycles. The molecule has 3 nitrogen and oxygen atoms in total. The van der Waals surface area contributed by atoms with Crippen molar-refractivity contribution in [1.82, 2.24) is 10.2 Å². The van der Waals surface area contributed by atoms with Crippen molar-refractivity contribution in [2.45, 2.75) is 51.5 Å². The number of likely N-dealkylation sites (tertiary alicyclic amines) is 1. The van der Waals surface area contributed by atoms with Crippen molar-refractivity contribution in [2.24, 2.45) is 0 Å². The third kappa shape index (κ3) is 5.17. The van der Waals surface area contributed by atoms with E-state index in [1.165, 1.54) is 32.2 Å². The lowest BCUT2D eigenvalue weighted by atomic mass is 10.0. The number of piperidine rings is 1. The Morgan fingerprint density at radius 2 is 2.00 bits per heavy atom. The minimum atomic E-state index is 0.425. The molecule has 0 aliphatic carbocycles. The number of nitrogens with one attached hydrogen (secondary N) is 1. The largest absolute Gasteiger partial charge is 0.356 e. The summed E-state index contributed by atoms with van der Waals surface area (Å²) in [5, 5.41) is 2.87. The Morgan fingerprint density at radius 1 is 1.27 bits per heavy atom. The molecule has 0 spiro atoms. The van der Waals surface area contributed by atoms with E-state index in [9.17, 15) is 4.79 Å². The fourth-order valence-corrected chi connectivity index (χ4v) is 2.18. The molecule has 1 N–H and O–H groups in total. The fourth-order valence-electron chi connectivity index (χ4n) is 2.18. The average molecular weight is 212 g/mol. The first-order valence-corrected chi connectivity index (χ1v) is 6.29. The predicted octanol–water partition coefficient (Wildman–Crippen LogP) is 1.78. The SMILES string of the molecule is CCCCCCN1CCC(NC=O)CC1. The first-order valence-electron chi connectivity index (χ1n) is 6.29. The van der Waals surface area contributed by atoms with Gasteiger partial charge in [-0.25, -0.2) is 0 Å². The zero-order valence-electron chi connectivity index (χ0n) is 9.87. The molecule has 15 heavy (non-hydrogen) atoms. The maximum Gasteiger partial charge on any atom is 0.207 e. The lowest BCUT2D eigenvalue weighted by Gasteiger charge is -2.31. The molecule has 0 atom stereocenters. The number of nitrogens with zero attached hydrogens (tertiary/aromatic N) is 1. The van der Waals surface area contributed by atoms with Crippen LogP contribution in [0.3, 0.4) is 0 Å². The topological polar surface area (TPSA) is 32.3 Å². The van der Waals surface area contributed by atoms with E-state index in [1.54, 1.807) is 0 Å². The van der Waals surface area contributed by atoms with Gasteiger partial charge in [-0.05, 0) is 25.8 Å². The van der Waals surface area contributed by atoms with Crippen molar-refractivity contribution in [2.75, 3.05) is 19.6 Å². The van der Waals surface area contributed by atoms with Crippen LogP contribution in [0.1, 0.15) is 45.4 Å². The zero-order chi connectivity index (χ0) is 10.9. The zero-order valence-corrected chi connectivity index (χ0v) is 9.87. The molecule has 88 valence electrons. The molecule has 1 fully saturated rings. The van der Waals surface area contributed by atoms with Gasteiger partial charge in [0.2, 0.25) is 6.41 Å². The monoisotopic (exact) mass is 212 g/mol. The smallest absolute Gasteiger partial charge is 0.207 e. The third-order valence-corrected chi connectivity index (χ3v) is 3.22. The number of carbonyl (C=O) groups is 1. The average Bonchev–Trinajstić information content (AvgIpc) is 2.27. The lowest BCUT2D eigenvalue weighted by Crippen LogP contribution is -2.42. The number of carbonyl (C=O) groups excluding carboxylic acids is 1. The summed E-state index contributed by atoms with van der Waals surface area (Å²) in [6.45, 7) is 5.79. The van der Waals surface area contributed by atoms with Gasteiger partial charge in [-0.3, -0.25) is 4.79 Å². The second-order valence-corrected chi connectivity index (χ2v) is 4.46. The number of unbranched alkanes of at least 4 members (excludes halogenated alkanes) is 3. The van der Waals surface area contributed by atoms with E-state index in [-0.39, 0.29) is 0 Å². The van der Waals surface area contributed by atoms with E-state index in [0.717, 1.165) is 32.3 Å². The first kappa shape index (κ1) is 12.5. The standard InChI is InChI=1S/C12H24N2O/c1-2-3-4-5-8-14-9-6-12(7-10-14)13-11-15/h11-12H,2-10H2,1H3,(H,13,15). The molecule has 1 rings (SSSR count). The van der Waals surface area contributed by atoms with Crippen LogP contribution in [0.4, 0.5) is 0 Å². The Labute approximate surface area is 93.2 Å². The number of rotatable bonds is 7. The quantitative estimate of drug-likeness (QED) is 0.515. The summed E-state index contributed by atoms with van der Waals surface area (Å²) in [7, 11) is 0. The second kappa shape index (κ2) is 7.69. The van der Waals surface area contributed by atoms with Gasteiger partial charge in [0.25, 0.3) is 0 Å². The summed E-state index contributed by atoms with van der Waals surface area (Å²) < 4.78 is 0. The maximum absolute atomic E-state index is 10.3. The molecule has 0 aromatic rings. The normalized spacial score (nSPS) is 19.0. The van der Waals surface area contributed by atoms with Gasteiger partial charge in [-0.1, -0.05) is 26.2 Å². The van der Waals surface area contributed by atoms with Crippen molar-refractivity contribution in [1.29, 1.82) is 0 Å². The minimum Gasteiger partial charge on any atom is -0.356 e. The highest BCUT2D eigenvalue weighted by Gasteiger charge is 2.17. The van der Waals surface area contributed by atoms with Crippen LogP contribution in [-0.4, -0.2) is 37.0 Å². The van der Waals surface area contributed by atoms with E-state index < -0.39 is 0 Å². The van der Waals surface area contributed by atoms with Crippen LogP contribution in [0.15, 0.2) is 0 Å². The summed E-state index contributed by atoms with van der Waals surface area (Å²) in [6, 6.07) is 0.425. The molecule has 0 saturated carbocycles. The summed E-state index contributed by atoms with van der Waals surface area (Å²) in [6.07, 6.45) is 8.44. The Balaban J connectivity index is 2.01. The molecule has 1 aliphatic rings. The van der Waals surface area contributed by atoms with Gasteiger partial charge >= 0.3 is 0 Å². The molecule has 3 heteroatoms. The minimum absolute atomic E-state index is 0.425. The van der Waals surface area contributed by atoms with Crippen LogP contribution in [0.25, 0.3) is 0 Å². The Hall–Kier alpha value is -0.570. The van der Waals surface area contributed by atoms with Gasteiger partial charge < -0.3 is 10.2 Å². The highest BCUT2D eigenvalue weighted by Crippen LogP contribution is 2.11. The van der Waals surface area contributed by atoms with E-state index in [2.05, 4.69) is 17.1 Å². The summed E-state index contributed by atoms with van der Waals surface area (Å²) in [5.74, 6) is 0. The van der Waals surface area contributed by atoms with Crippen molar-refractivity contribution in [3.05, 3.63) is 0 Å². The van der Waals surface area contributed by atoms with Crippen molar-refractivity contribution >= 4 is 6.41 Å². The first-order chi connectivity index (χ1) is 7.36. The number of amides is 1. The molecular weight excluding hydrogens is 188 g/mol. The van der Waals surface area contributed by atoms with Gasteiger partial charge in [0.05, 0.1) is 0 Å². The van der Waals surface area contributed by atoms with Crippen molar-refractivity contribution < 1.29 is 4.79 Å². The molecule has 0 aromatic carbocycles. The maximum atomic E-state index is 10.3. The van der Waals surface area contributed by atoms with Gasteiger partial charge in [0, 0.05) is 19.1 Å². The highest BCUT2D eigenvalue weighted by molar-refractivity contribution is 5.46. The number of hydrogen-bond donors (Lipinski definition) is 1. The van der Waals surface area contributed by atoms with Crippen LogP contribution in [0, 0.1) is 0 Å². The number of hydrogen-bond acceptors (Lipinski definition) is 2. The van der Waals surface area contributed by atoms with Gasteiger partial charge in [0.1, 0.15) is 0 Å². The lowest BCUT2D eigenvalue weighted by molar-refractivity contribution is -0.110. The van der Waals surface area contributed by atoms with Crippen LogP contribution < -0.4 is 5.32 Å². The van der Waals surface area contributed by atoms with Gasteiger partial charge in [-0.15, -0.1) is 0 Å². The van der Waals surface area contributed by atoms with Crippen LogP contribution in [0.5, 0.6) is 0 Å². The van der Waals surface area contributed by atoms with E-state index in [1.807, 2.05) is 0 Å². The predicted molar refractivity (Wildman–Crippen MR) is 62.8 cm³/mol. The second-order valence-electron chi connectivity index (χ2n) is 4.46. The molecule has 0 aromatic heterocycles. The molecule has 0 radical (unpaired) electrons. The van der Waals surface area contributed by atoms with E-state index in [0.29, 0.717) is 6.04 Å². The Morgan fingerprint density at radius 3 is 2.60 bits per heavy atom. The Kier molecular flexibility index (Phi) is 6.41. The molecule has 0 unspecified atom stereocenters. The molecule has 1 amide bonds. The van der Waals surface area contributed by atoms with E-state index in [4.69, 9.17) is 0 Å². The molecular formula is C12H24N2O. The molecule has 0 bridgehead atoms. The van der Waals surface area contributed by atoms with E-state index >= 15 is 0 Å². The van der Waals surface area contributed by atoms with Crippen LogP contribution in [0.2, 0.25) is 0 Å². The Bertz CT molecular complexity index is 165. The highest BCUT2D eigenvalue weighted by atomic mass is 16.1. The molecule has 1 heterocycles. The summed E-state index contributed by atoms with van der Waals surface area (Å²) in [4.78, 5) is 12.8. The fraction of sp³-hybridized carbons (Fsp3) is 0.917. The third-order valence-electron chi connectivity index (χ3n) is 3.22. The summed E-state index contributed by atoms with van der Waals surface area (Å²) in [5.41, 5.74) is 0. The van der Waals surface area contributed by atoms with Crippen molar-refractivity contribution in [3.8, 4) is 0 Å².